The molecule has 0 aliphatic heterocycles. The van der Waals surface area contributed by atoms with Gasteiger partial charge in [0.25, 0.3) is 0 Å². The highest BCUT2D eigenvalue weighted by Crippen LogP contribution is 2.19. The number of halogens is 4. The zero-order valence-corrected chi connectivity index (χ0v) is 11.0. The molecule has 4 nitrogen and oxygen atoms in total. The Labute approximate surface area is 109 Å². The maximum Gasteiger partial charge on any atom is 0.243 e. The highest BCUT2D eigenvalue weighted by Gasteiger charge is 2.23. The van der Waals surface area contributed by atoms with E-state index in [2.05, 4.69) is 5.32 Å². The average molecular weight is 305 g/mol. The van der Waals surface area contributed by atoms with Crippen LogP contribution < -0.4 is 10.0 Å². The average Bonchev–Trinajstić information content (AvgIpc) is 2.26. The third-order valence-electron chi connectivity index (χ3n) is 1.96. The van der Waals surface area contributed by atoms with Gasteiger partial charge in [-0.05, 0) is 19.2 Å². The summed E-state index contributed by atoms with van der Waals surface area (Å²) in [5.41, 5.74) is 0. The number of hydrogen-bond donors (Lipinski definition) is 2. The number of likely N-dealkylation sites (N-methyl/N-ethyl adjacent to an activating group) is 1. The Bertz CT molecular complexity index is 511. The van der Waals surface area contributed by atoms with Gasteiger partial charge >= 0.3 is 0 Å². The third-order valence-corrected chi connectivity index (χ3v) is 3.43. The zero-order valence-electron chi connectivity index (χ0n) is 9.34. The van der Waals surface area contributed by atoms with Gasteiger partial charge in [0, 0.05) is 13.1 Å². The van der Waals surface area contributed by atoms with Gasteiger partial charge in [-0.1, -0.05) is 0 Å². The van der Waals surface area contributed by atoms with Crippen LogP contribution in [-0.4, -0.2) is 28.6 Å². The van der Waals surface area contributed by atoms with E-state index in [0.29, 0.717) is 18.7 Å². The van der Waals surface area contributed by atoms with E-state index in [1.54, 1.807) is 7.05 Å². The standard InChI is InChI=1S/C9H11F3N2O2S.ClH/c1-13-4-5-14-17(15,16)7-3-2-6(10)8(11)9(7)12;/h2-3,13-14H,4-5H2,1H3;1H. The van der Waals surface area contributed by atoms with Crippen LogP contribution >= 0.6 is 12.4 Å². The Hall–Kier alpha value is -0.830. The molecule has 2 N–H and O–H groups in total. The van der Waals surface area contributed by atoms with E-state index in [0.717, 1.165) is 0 Å². The lowest BCUT2D eigenvalue weighted by molar-refractivity contribution is 0.431. The lowest BCUT2D eigenvalue weighted by Crippen LogP contribution is -2.31. The third kappa shape index (κ3) is 3.84. The summed E-state index contributed by atoms with van der Waals surface area (Å²) in [5, 5.41) is 2.67. The largest absolute Gasteiger partial charge is 0.318 e. The second-order valence-electron chi connectivity index (χ2n) is 3.17. The van der Waals surface area contributed by atoms with Crippen LogP contribution in [-0.2, 0) is 10.0 Å². The molecule has 0 fully saturated rings. The van der Waals surface area contributed by atoms with Gasteiger partial charge in [-0.15, -0.1) is 12.4 Å². The van der Waals surface area contributed by atoms with Gasteiger partial charge in [-0.2, -0.15) is 0 Å². The summed E-state index contributed by atoms with van der Waals surface area (Å²) in [7, 11) is -2.57. The van der Waals surface area contributed by atoms with Crippen molar-refractivity contribution in [1.29, 1.82) is 0 Å². The quantitative estimate of drug-likeness (QED) is 0.631. The van der Waals surface area contributed by atoms with Crippen molar-refractivity contribution in [3.05, 3.63) is 29.6 Å². The fourth-order valence-electron chi connectivity index (χ4n) is 1.10. The van der Waals surface area contributed by atoms with Gasteiger partial charge in [0.05, 0.1) is 0 Å². The summed E-state index contributed by atoms with van der Waals surface area (Å²) in [5.74, 6) is -4.96. The van der Waals surface area contributed by atoms with Gasteiger partial charge in [0.15, 0.2) is 17.5 Å². The van der Waals surface area contributed by atoms with Gasteiger partial charge in [-0.25, -0.2) is 26.3 Å². The molecule has 0 aliphatic carbocycles. The zero-order chi connectivity index (χ0) is 13.1. The molecule has 0 amide bonds. The molecular formula is C9H12ClF3N2O2S. The molecule has 18 heavy (non-hydrogen) atoms. The van der Waals surface area contributed by atoms with Crippen LogP contribution in [0.4, 0.5) is 13.2 Å². The van der Waals surface area contributed by atoms with Crippen LogP contribution in [0.15, 0.2) is 17.0 Å². The molecule has 1 aromatic carbocycles. The first kappa shape index (κ1) is 17.2. The second-order valence-corrected chi connectivity index (χ2v) is 4.91. The minimum absolute atomic E-state index is 0. The molecule has 0 bridgehead atoms. The van der Waals surface area contributed by atoms with Crippen LogP contribution in [0.5, 0.6) is 0 Å². The predicted octanol–water partition coefficient (Wildman–Crippen LogP) is 1.02. The number of hydrogen-bond acceptors (Lipinski definition) is 3. The van der Waals surface area contributed by atoms with Crippen LogP contribution in [0.1, 0.15) is 0 Å². The van der Waals surface area contributed by atoms with Crippen molar-refractivity contribution in [1.82, 2.24) is 10.0 Å². The Kier molecular flexibility index (Phi) is 6.61. The summed E-state index contributed by atoms with van der Waals surface area (Å²) >= 11 is 0. The van der Waals surface area contributed by atoms with Gasteiger partial charge < -0.3 is 5.32 Å². The van der Waals surface area contributed by atoms with E-state index in [1.807, 2.05) is 4.72 Å². The lowest BCUT2D eigenvalue weighted by Gasteiger charge is -2.07. The maximum atomic E-state index is 13.2. The fourth-order valence-corrected chi connectivity index (χ4v) is 2.20. The van der Waals surface area contributed by atoms with Crippen molar-refractivity contribution in [2.75, 3.05) is 20.1 Å². The molecule has 0 heterocycles. The van der Waals surface area contributed by atoms with Gasteiger partial charge in [0.1, 0.15) is 4.90 Å². The molecule has 0 aromatic heterocycles. The lowest BCUT2D eigenvalue weighted by atomic mass is 10.3. The van der Waals surface area contributed by atoms with Crippen LogP contribution in [0.2, 0.25) is 0 Å². The first-order valence-electron chi connectivity index (χ1n) is 4.68. The molecule has 0 atom stereocenters. The van der Waals surface area contributed by atoms with E-state index in [4.69, 9.17) is 0 Å². The Morgan fingerprint density at radius 1 is 1.11 bits per heavy atom. The van der Waals surface area contributed by atoms with Crippen molar-refractivity contribution in [3.8, 4) is 0 Å². The molecule has 0 aliphatic rings. The molecule has 0 saturated heterocycles. The van der Waals surface area contributed by atoms with Crippen LogP contribution in [0, 0.1) is 17.5 Å². The van der Waals surface area contributed by atoms with E-state index in [-0.39, 0.29) is 19.0 Å². The summed E-state index contributed by atoms with van der Waals surface area (Å²) in [6, 6.07) is 1.24. The first-order valence-corrected chi connectivity index (χ1v) is 6.16. The molecule has 1 aromatic rings. The normalized spacial score (nSPS) is 11.1. The Balaban J connectivity index is 0.00000289. The molecule has 0 unspecified atom stereocenters. The molecule has 104 valence electrons. The van der Waals surface area contributed by atoms with E-state index >= 15 is 0 Å². The minimum Gasteiger partial charge on any atom is -0.318 e. The van der Waals surface area contributed by atoms with E-state index in [1.165, 1.54) is 0 Å². The van der Waals surface area contributed by atoms with E-state index in [9.17, 15) is 21.6 Å². The molecule has 0 saturated carbocycles. The SMILES string of the molecule is CNCCNS(=O)(=O)c1ccc(F)c(F)c1F.Cl. The minimum atomic E-state index is -4.17. The highest BCUT2D eigenvalue weighted by atomic mass is 35.5. The van der Waals surface area contributed by atoms with Gasteiger partial charge in [0.2, 0.25) is 10.0 Å². The first-order chi connectivity index (χ1) is 7.90. The molecule has 0 radical (unpaired) electrons. The smallest absolute Gasteiger partial charge is 0.243 e. The fraction of sp³-hybridized carbons (Fsp3) is 0.333. The van der Waals surface area contributed by atoms with Crippen LogP contribution in [0.3, 0.4) is 0 Å². The number of rotatable bonds is 5. The summed E-state index contributed by atoms with van der Waals surface area (Å²) < 4.78 is 63.8. The summed E-state index contributed by atoms with van der Waals surface area (Å²) in [6.07, 6.45) is 0. The van der Waals surface area contributed by atoms with Crippen molar-refractivity contribution in [2.24, 2.45) is 0 Å². The number of benzene rings is 1. The molecular weight excluding hydrogens is 293 g/mol. The number of sulfonamides is 1. The van der Waals surface area contributed by atoms with Crippen LogP contribution in [0.25, 0.3) is 0 Å². The maximum absolute atomic E-state index is 13.2. The topological polar surface area (TPSA) is 58.2 Å². The highest BCUT2D eigenvalue weighted by molar-refractivity contribution is 7.89. The van der Waals surface area contributed by atoms with Crippen molar-refractivity contribution < 1.29 is 21.6 Å². The van der Waals surface area contributed by atoms with E-state index < -0.39 is 32.4 Å². The van der Waals surface area contributed by atoms with Crippen molar-refractivity contribution >= 4 is 22.4 Å². The Morgan fingerprint density at radius 3 is 2.28 bits per heavy atom. The van der Waals surface area contributed by atoms with Gasteiger partial charge in [-0.3, -0.25) is 0 Å². The summed E-state index contributed by atoms with van der Waals surface area (Å²) in [4.78, 5) is -0.910. The monoisotopic (exact) mass is 304 g/mol. The summed E-state index contributed by atoms with van der Waals surface area (Å²) in [6.45, 7) is 0.335. The van der Waals surface area contributed by atoms with Crippen molar-refractivity contribution in [3.63, 3.8) is 0 Å². The van der Waals surface area contributed by atoms with Crippen molar-refractivity contribution in [2.45, 2.75) is 4.90 Å². The molecule has 0 spiro atoms. The second kappa shape index (κ2) is 6.93. The molecule has 1 rings (SSSR count). The number of nitrogens with one attached hydrogen (secondary N) is 2. The predicted molar refractivity (Wildman–Crippen MR) is 62.7 cm³/mol. The Morgan fingerprint density at radius 2 is 1.72 bits per heavy atom. The molecule has 9 heteroatoms.